The molecule has 23 heavy (non-hydrogen) atoms. The molecule has 7 nitrogen and oxygen atoms in total. The zero-order valence-corrected chi connectivity index (χ0v) is 13.1. The largest absolute Gasteiger partial charge is 0.466 e. The van der Waals surface area contributed by atoms with Crippen LogP contribution in [0, 0.1) is 12.7 Å². The fourth-order valence-corrected chi connectivity index (χ4v) is 1.64. The van der Waals surface area contributed by atoms with Gasteiger partial charge in [-0.15, -0.1) is 0 Å². The Morgan fingerprint density at radius 2 is 1.74 bits per heavy atom. The lowest BCUT2D eigenvalue weighted by Crippen LogP contribution is -2.17. The van der Waals surface area contributed by atoms with Crippen molar-refractivity contribution in [3.05, 3.63) is 40.8 Å². The van der Waals surface area contributed by atoms with Crippen LogP contribution in [0.15, 0.2) is 23.9 Å². The summed E-state index contributed by atoms with van der Waals surface area (Å²) in [6.07, 6.45) is 0.824. The second-order valence-electron chi connectivity index (χ2n) is 4.34. The topological polar surface area (TPSA) is 90.9 Å². The van der Waals surface area contributed by atoms with E-state index in [0.717, 1.165) is 33.5 Å². The maximum absolute atomic E-state index is 13.8. The van der Waals surface area contributed by atoms with Gasteiger partial charge in [0.15, 0.2) is 0 Å². The number of halogens is 1. The molecule has 0 atom stereocenters. The van der Waals surface area contributed by atoms with Crippen molar-refractivity contribution in [3.8, 4) is 0 Å². The molecule has 124 valence electrons. The van der Waals surface area contributed by atoms with E-state index in [4.69, 9.17) is 0 Å². The molecule has 1 aromatic rings. The number of esters is 3. The fourth-order valence-electron chi connectivity index (χ4n) is 1.64. The Morgan fingerprint density at radius 3 is 2.26 bits per heavy atom. The Hall–Kier alpha value is -2.90. The van der Waals surface area contributed by atoms with Gasteiger partial charge >= 0.3 is 17.9 Å². The van der Waals surface area contributed by atoms with Gasteiger partial charge in [0.2, 0.25) is 0 Å². The van der Waals surface area contributed by atoms with Crippen LogP contribution in [0.2, 0.25) is 0 Å². The van der Waals surface area contributed by atoms with Crippen LogP contribution >= 0.6 is 0 Å². The number of carbonyl (C=O) groups excluding carboxylic acids is 3. The number of hydrogen-bond donors (Lipinski definition) is 1. The number of aryl methyl sites for hydroxylation is 1. The molecule has 0 saturated carbocycles. The van der Waals surface area contributed by atoms with Gasteiger partial charge in [0, 0.05) is 0 Å². The van der Waals surface area contributed by atoms with Crippen molar-refractivity contribution in [2.24, 2.45) is 0 Å². The second-order valence-corrected chi connectivity index (χ2v) is 4.34. The van der Waals surface area contributed by atoms with Crippen molar-refractivity contribution < 1.29 is 33.0 Å². The van der Waals surface area contributed by atoms with Gasteiger partial charge in [0.25, 0.3) is 0 Å². The van der Waals surface area contributed by atoms with Crippen molar-refractivity contribution in [3.63, 3.8) is 0 Å². The summed E-state index contributed by atoms with van der Waals surface area (Å²) in [5, 5.41) is 2.49. The zero-order valence-electron chi connectivity index (χ0n) is 13.1. The minimum Gasteiger partial charge on any atom is -0.466 e. The molecule has 0 radical (unpaired) electrons. The van der Waals surface area contributed by atoms with Gasteiger partial charge in [0.05, 0.1) is 38.7 Å². The van der Waals surface area contributed by atoms with Crippen LogP contribution in [0.3, 0.4) is 0 Å². The van der Waals surface area contributed by atoms with E-state index in [0.29, 0.717) is 0 Å². The molecule has 0 aliphatic rings. The predicted molar refractivity (Wildman–Crippen MR) is 78.2 cm³/mol. The molecule has 0 unspecified atom stereocenters. The first-order valence-corrected chi connectivity index (χ1v) is 6.37. The number of ether oxygens (including phenoxy) is 3. The minimum absolute atomic E-state index is 0.00827. The third-order valence-corrected chi connectivity index (χ3v) is 2.84. The minimum atomic E-state index is -0.896. The molecule has 0 aromatic heterocycles. The predicted octanol–water partition coefficient (Wildman–Crippen LogP) is 1.56. The summed E-state index contributed by atoms with van der Waals surface area (Å²) in [5.74, 6) is -3.07. The van der Waals surface area contributed by atoms with Crippen LogP contribution in [0.25, 0.3) is 0 Å². The Balaban J connectivity index is 3.35. The fraction of sp³-hybridized carbons (Fsp3) is 0.267. The van der Waals surface area contributed by atoms with E-state index in [-0.39, 0.29) is 22.5 Å². The first kappa shape index (κ1) is 18.1. The van der Waals surface area contributed by atoms with Crippen LogP contribution in [0.5, 0.6) is 0 Å². The number of benzene rings is 1. The monoisotopic (exact) mass is 325 g/mol. The number of carbonyl (C=O) groups is 3. The molecule has 0 aliphatic heterocycles. The van der Waals surface area contributed by atoms with E-state index in [1.165, 1.54) is 13.0 Å². The number of anilines is 1. The van der Waals surface area contributed by atoms with Crippen LogP contribution in [0.4, 0.5) is 10.1 Å². The number of methoxy groups -OCH3 is 3. The molecular weight excluding hydrogens is 309 g/mol. The van der Waals surface area contributed by atoms with Gasteiger partial charge in [-0.25, -0.2) is 18.8 Å². The maximum atomic E-state index is 13.8. The SMILES string of the molecule is COC(=O)/C=C(/Nc1cc(F)c(C)cc1C(=O)OC)C(=O)OC. The number of nitrogens with one attached hydrogen (secondary N) is 1. The smallest absolute Gasteiger partial charge is 0.354 e. The van der Waals surface area contributed by atoms with Gasteiger partial charge in [-0.2, -0.15) is 0 Å². The summed E-state index contributed by atoms with van der Waals surface area (Å²) < 4.78 is 27.3. The molecule has 0 heterocycles. The second kappa shape index (κ2) is 7.92. The average molecular weight is 325 g/mol. The van der Waals surface area contributed by atoms with E-state index in [9.17, 15) is 18.8 Å². The van der Waals surface area contributed by atoms with Crippen molar-refractivity contribution in [2.75, 3.05) is 26.6 Å². The lowest BCUT2D eigenvalue weighted by Gasteiger charge is -2.13. The maximum Gasteiger partial charge on any atom is 0.354 e. The lowest BCUT2D eigenvalue weighted by atomic mass is 10.1. The first-order chi connectivity index (χ1) is 10.8. The molecule has 0 spiro atoms. The lowest BCUT2D eigenvalue weighted by molar-refractivity contribution is -0.138. The summed E-state index contributed by atoms with van der Waals surface area (Å²) in [5.41, 5.74) is -0.174. The Kier molecular flexibility index (Phi) is 6.25. The average Bonchev–Trinajstić information content (AvgIpc) is 2.55. The van der Waals surface area contributed by atoms with Crippen molar-refractivity contribution in [2.45, 2.75) is 6.92 Å². The third-order valence-electron chi connectivity index (χ3n) is 2.84. The molecule has 0 saturated heterocycles. The van der Waals surface area contributed by atoms with E-state index in [1.807, 2.05) is 0 Å². The molecule has 0 fully saturated rings. The van der Waals surface area contributed by atoms with E-state index < -0.39 is 23.7 Å². The standard InChI is InChI=1S/C15H16FNO6/c1-8-5-9(14(19)22-3)11(6-10(8)16)17-12(15(20)23-4)7-13(18)21-2/h5-7,17H,1-4H3/b12-7+. The van der Waals surface area contributed by atoms with Gasteiger partial charge in [-0.3, -0.25) is 0 Å². The summed E-state index contributed by atoms with van der Waals surface area (Å²) in [6, 6.07) is 2.27. The van der Waals surface area contributed by atoms with Crippen molar-refractivity contribution >= 4 is 23.6 Å². The van der Waals surface area contributed by atoms with E-state index in [1.54, 1.807) is 0 Å². The van der Waals surface area contributed by atoms with Gasteiger partial charge in [0.1, 0.15) is 11.5 Å². The van der Waals surface area contributed by atoms with E-state index >= 15 is 0 Å². The van der Waals surface area contributed by atoms with Gasteiger partial charge in [-0.05, 0) is 24.6 Å². The summed E-state index contributed by atoms with van der Waals surface area (Å²) in [7, 11) is 3.39. The van der Waals surface area contributed by atoms with Crippen LogP contribution in [-0.2, 0) is 23.8 Å². The van der Waals surface area contributed by atoms with Crippen LogP contribution in [-0.4, -0.2) is 39.2 Å². The molecule has 0 amide bonds. The highest BCUT2D eigenvalue weighted by Gasteiger charge is 2.19. The molecular formula is C15H16FNO6. The molecule has 0 aliphatic carbocycles. The normalized spacial score (nSPS) is 10.7. The van der Waals surface area contributed by atoms with Gasteiger partial charge in [-0.1, -0.05) is 0 Å². The van der Waals surface area contributed by atoms with Crippen molar-refractivity contribution in [1.29, 1.82) is 0 Å². The zero-order chi connectivity index (χ0) is 17.6. The number of rotatable bonds is 5. The Labute approximate surface area is 132 Å². The third kappa shape index (κ3) is 4.53. The highest BCUT2D eigenvalue weighted by Crippen LogP contribution is 2.23. The summed E-state index contributed by atoms with van der Waals surface area (Å²) in [4.78, 5) is 34.8. The molecule has 1 N–H and O–H groups in total. The van der Waals surface area contributed by atoms with Crippen LogP contribution in [0.1, 0.15) is 15.9 Å². The first-order valence-electron chi connectivity index (χ1n) is 6.37. The van der Waals surface area contributed by atoms with Gasteiger partial charge < -0.3 is 19.5 Å². The van der Waals surface area contributed by atoms with Crippen LogP contribution < -0.4 is 5.32 Å². The molecule has 0 bridgehead atoms. The Bertz CT molecular complexity index is 668. The highest BCUT2D eigenvalue weighted by atomic mass is 19.1. The van der Waals surface area contributed by atoms with E-state index in [2.05, 4.69) is 19.5 Å². The molecule has 8 heteroatoms. The highest BCUT2D eigenvalue weighted by molar-refractivity contribution is 6.02. The summed E-state index contributed by atoms with van der Waals surface area (Å²) in [6.45, 7) is 1.47. The summed E-state index contributed by atoms with van der Waals surface area (Å²) >= 11 is 0. The molecule has 1 aromatic carbocycles. The Morgan fingerprint density at radius 1 is 1.09 bits per heavy atom. The number of hydrogen-bond acceptors (Lipinski definition) is 7. The molecule has 1 rings (SSSR count). The quantitative estimate of drug-likeness (QED) is 0.499. The van der Waals surface area contributed by atoms with Crippen molar-refractivity contribution in [1.82, 2.24) is 0 Å².